The van der Waals surface area contributed by atoms with E-state index in [-0.39, 0.29) is 0 Å². The predicted octanol–water partition coefficient (Wildman–Crippen LogP) is 4.84. The molecule has 182 valence electrons. The first kappa shape index (κ1) is 22.2. The molecule has 7 nitrogen and oxygen atoms in total. The highest BCUT2D eigenvalue weighted by Gasteiger charge is 2.20. The van der Waals surface area contributed by atoms with E-state index in [9.17, 15) is 8.78 Å². The number of nitrogen functional groups attached to an aromatic ring is 1. The number of fused-ring (bicyclic) bond motifs is 1. The molecular weight excluding hydrogens is 462 g/mol. The van der Waals surface area contributed by atoms with Crippen molar-refractivity contribution in [2.24, 2.45) is 0 Å². The van der Waals surface area contributed by atoms with E-state index in [0.29, 0.717) is 41.8 Å². The molecular formula is C27H24F2N6O. The summed E-state index contributed by atoms with van der Waals surface area (Å²) in [6.07, 6.45) is 1.59. The van der Waals surface area contributed by atoms with Gasteiger partial charge in [0.05, 0.1) is 12.0 Å². The molecule has 3 aromatic heterocycles. The van der Waals surface area contributed by atoms with E-state index >= 15 is 0 Å². The van der Waals surface area contributed by atoms with Crippen LogP contribution in [0.5, 0.6) is 0 Å². The standard InChI is InChI=1S/C27H24F2N6O/c28-21-6-7-23(22(29)16-21)34-10-8-33(9-11-34)17-18-3-1-4-19(13-18)20-14-25(30)35-26(15-20)31-27(32-35)24-5-2-12-36-24/h1-7,12-16H,8-11,17,30H2. The number of anilines is 2. The quantitative estimate of drug-likeness (QED) is 0.383. The fourth-order valence-electron chi connectivity index (χ4n) is 4.68. The molecule has 4 heterocycles. The number of benzene rings is 2. The lowest BCUT2D eigenvalue weighted by Gasteiger charge is -2.36. The van der Waals surface area contributed by atoms with Crippen LogP contribution in [0.1, 0.15) is 5.56 Å². The zero-order chi connectivity index (χ0) is 24.6. The van der Waals surface area contributed by atoms with Gasteiger partial charge in [0.2, 0.25) is 5.82 Å². The van der Waals surface area contributed by atoms with E-state index in [4.69, 9.17) is 10.2 Å². The van der Waals surface area contributed by atoms with Crippen molar-refractivity contribution in [3.63, 3.8) is 0 Å². The molecule has 36 heavy (non-hydrogen) atoms. The van der Waals surface area contributed by atoms with E-state index in [1.165, 1.54) is 17.7 Å². The highest BCUT2D eigenvalue weighted by molar-refractivity contribution is 5.72. The number of furan rings is 1. The van der Waals surface area contributed by atoms with Crippen molar-refractivity contribution in [2.75, 3.05) is 36.8 Å². The number of halogens is 2. The van der Waals surface area contributed by atoms with E-state index in [2.05, 4.69) is 27.1 Å². The number of hydrogen-bond acceptors (Lipinski definition) is 6. The van der Waals surface area contributed by atoms with Crippen LogP contribution in [0, 0.1) is 11.6 Å². The average Bonchev–Trinajstić information content (AvgIpc) is 3.55. The van der Waals surface area contributed by atoms with E-state index in [1.54, 1.807) is 16.8 Å². The summed E-state index contributed by atoms with van der Waals surface area (Å²) in [5.41, 5.74) is 10.6. The maximum atomic E-state index is 14.2. The monoisotopic (exact) mass is 486 g/mol. The number of rotatable bonds is 5. The lowest BCUT2D eigenvalue weighted by Crippen LogP contribution is -2.46. The minimum atomic E-state index is -0.558. The van der Waals surface area contributed by atoms with Crippen LogP contribution in [0.3, 0.4) is 0 Å². The SMILES string of the molecule is Nc1cc(-c2cccc(CN3CCN(c4ccc(F)cc4F)CC3)c2)cc2nc(-c3ccco3)nn12. The summed E-state index contributed by atoms with van der Waals surface area (Å²) in [6.45, 7) is 3.71. The van der Waals surface area contributed by atoms with Crippen LogP contribution < -0.4 is 10.6 Å². The summed E-state index contributed by atoms with van der Waals surface area (Å²) in [5.74, 6) is 0.484. The Kier molecular flexibility index (Phi) is 5.61. The first-order valence-electron chi connectivity index (χ1n) is 11.8. The normalized spacial score (nSPS) is 14.6. The third kappa shape index (κ3) is 4.29. The van der Waals surface area contributed by atoms with Crippen LogP contribution in [0.2, 0.25) is 0 Å². The summed E-state index contributed by atoms with van der Waals surface area (Å²) in [6, 6.07) is 19.6. The molecule has 5 aromatic rings. The van der Waals surface area contributed by atoms with Gasteiger partial charge in [0.25, 0.3) is 0 Å². The second-order valence-electron chi connectivity index (χ2n) is 8.91. The zero-order valence-corrected chi connectivity index (χ0v) is 19.4. The Hall–Kier alpha value is -4.24. The number of aromatic nitrogens is 3. The first-order chi connectivity index (χ1) is 17.5. The van der Waals surface area contributed by atoms with E-state index in [0.717, 1.165) is 36.8 Å². The Balaban J connectivity index is 1.18. The van der Waals surface area contributed by atoms with Crippen molar-refractivity contribution in [3.8, 4) is 22.7 Å². The third-order valence-electron chi connectivity index (χ3n) is 6.50. The van der Waals surface area contributed by atoms with Crippen molar-refractivity contribution in [1.29, 1.82) is 0 Å². The summed E-state index contributed by atoms with van der Waals surface area (Å²) < 4.78 is 34.4. The van der Waals surface area contributed by atoms with Gasteiger partial charge in [0.15, 0.2) is 11.4 Å². The van der Waals surface area contributed by atoms with Crippen molar-refractivity contribution < 1.29 is 13.2 Å². The van der Waals surface area contributed by atoms with Crippen LogP contribution in [-0.4, -0.2) is 45.7 Å². The molecule has 0 saturated carbocycles. The van der Waals surface area contributed by atoms with Crippen molar-refractivity contribution in [1.82, 2.24) is 19.5 Å². The second kappa shape index (κ2) is 9.09. The smallest absolute Gasteiger partial charge is 0.217 e. The Morgan fingerprint density at radius 2 is 1.75 bits per heavy atom. The Morgan fingerprint density at radius 1 is 0.889 bits per heavy atom. The number of pyridine rings is 1. The maximum absolute atomic E-state index is 14.2. The molecule has 0 aliphatic carbocycles. The van der Waals surface area contributed by atoms with Gasteiger partial charge in [0.1, 0.15) is 17.5 Å². The molecule has 9 heteroatoms. The highest BCUT2D eigenvalue weighted by Crippen LogP contribution is 2.27. The molecule has 1 fully saturated rings. The van der Waals surface area contributed by atoms with Crippen molar-refractivity contribution in [3.05, 3.63) is 90.2 Å². The van der Waals surface area contributed by atoms with Gasteiger partial charge in [-0.25, -0.2) is 13.8 Å². The van der Waals surface area contributed by atoms with Gasteiger partial charge in [-0.15, -0.1) is 5.10 Å². The van der Waals surface area contributed by atoms with Gasteiger partial charge in [-0.3, -0.25) is 4.90 Å². The van der Waals surface area contributed by atoms with Crippen LogP contribution in [0.25, 0.3) is 28.4 Å². The lowest BCUT2D eigenvalue weighted by atomic mass is 10.0. The number of piperazine rings is 1. The molecule has 1 aliphatic heterocycles. The minimum Gasteiger partial charge on any atom is -0.461 e. The fourth-order valence-corrected chi connectivity index (χ4v) is 4.68. The van der Waals surface area contributed by atoms with E-state index in [1.807, 2.05) is 35.2 Å². The van der Waals surface area contributed by atoms with Crippen LogP contribution in [0.4, 0.5) is 20.3 Å². The maximum Gasteiger partial charge on any atom is 0.217 e. The fraction of sp³-hybridized carbons (Fsp3) is 0.185. The van der Waals surface area contributed by atoms with Crippen molar-refractivity contribution in [2.45, 2.75) is 6.54 Å². The molecule has 0 amide bonds. The van der Waals surface area contributed by atoms with Gasteiger partial charge >= 0.3 is 0 Å². The Bertz CT molecular complexity index is 1520. The molecule has 6 rings (SSSR count). The number of nitrogens with two attached hydrogens (primary N) is 1. The molecule has 0 bridgehead atoms. The molecule has 0 spiro atoms. The van der Waals surface area contributed by atoms with Crippen LogP contribution in [-0.2, 0) is 6.54 Å². The third-order valence-corrected chi connectivity index (χ3v) is 6.50. The van der Waals surface area contributed by atoms with Crippen LogP contribution in [0.15, 0.2) is 77.4 Å². The minimum absolute atomic E-state index is 0.453. The Labute approximate surface area is 206 Å². The molecule has 1 saturated heterocycles. The van der Waals surface area contributed by atoms with Crippen molar-refractivity contribution >= 4 is 17.2 Å². The highest BCUT2D eigenvalue weighted by atomic mass is 19.1. The topological polar surface area (TPSA) is 75.8 Å². The first-order valence-corrected chi connectivity index (χ1v) is 11.8. The van der Waals surface area contributed by atoms with Gasteiger partial charge < -0.3 is 15.1 Å². The molecule has 1 aliphatic rings. The molecule has 2 aromatic carbocycles. The summed E-state index contributed by atoms with van der Waals surface area (Å²) >= 11 is 0. The zero-order valence-electron chi connectivity index (χ0n) is 19.4. The summed E-state index contributed by atoms with van der Waals surface area (Å²) in [4.78, 5) is 8.88. The van der Waals surface area contributed by atoms with E-state index < -0.39 is 11.6 Å². The number of hydrogen-bond donors (Lipinski definition) is 1. The largest absolute Gasteiger partial charge is 0.461 e. The molecule has 2 N–H and O–H groups in total. The molecule has 0 atom stereocenters. The van der Waals surface area contributed by atoms with Gasteiger partial charge in [-0.05, 0) is 59.2 Å². The second-order valence-corrected chi connectivity index (χ2v) is 8.91. The average molecular weight is 487 g/mol. The summed E-state index contributed by atoms with van der Waals surface area (Å²) in [7, 11) is 0. The van der Waals surface area contributed by atoms with Gasteiger partial charge in [-0.1, -0.05) is 18.2 Å². The van der Waals surface area contributed by atoms with Gasteiger partial charge in [0, 0.05) is 38.8 Å². The lowest BCUT2D eigenvalue weighted by molar-refractivity contribution is 0.249. The molecule has 0 unspecified atom stereocenters. The van der Waals surface area contributed by atoms with Gasteiger partial charge in [-0.2, -0.15) is 4.52 Å². The predicted molar refractivity (Wildman–Crippen MR) is 134 cm³/mol. The summed E-state index contributed by atoms with van der Waals surface area (Å²) in [5, 5.41) is 4.46. The van der Waals surface area contributed by atoms with Crippen LogP contribution >= 0.6 is 0 Å². The number of nitrogens with zero attached hydrogens (tertiary/aromatic N) is 5. The molecule has 0 radical (unpaired) electrons. The Morgan fingerprint density at radius 3 is 2.53 bits per heavy atom.